The number of H-pyrrole nitrogens is 1. The van der Waals surface area contributed by atoms with E-state index in [9.17, 15) is 0 Å². The van der Waals surface area contributed by atoms with Crippen LogP contribution in [0.25, 0.3) is 21.3 Å². The number of aryl methyl sites for hydroxylation is 1. The van der Waals surface area contributed by atoms with E-state index in [1.807, 2.05) is 12.3 Å². The summed E-state index contributed by atoms with van der Waals surface area (Å²) < 4.78 is 6.99. The molecule has 0 bridgehead atoms. The highest BCUT2D eigenvalue weighted by atomic mass is 35.5. The van der Waals surface area contributed by atoms with Crippen LogP contribution in [-0.4, -0.2) is 40.9 Å². The summed E-state index contributed by atoms with van der Waals surface area (Å²) in [5, 5.41) is 11.0. The molecule has 8 heteroatoms. The molecule has 1 aromatic carbocycles. The van der Waals surface area contributed by atoms with Gasteiger partial charge in [0, 0.05) is 58.6 Å². The molecule has 2 aliphatic heterocycles. The van der Waals surface area contributed by atoms with E-state index in [0.29, 0.717) is 18.5 Å². The fourth-order valence-corrected chi connectivity index (χ4v) is 5.84. The molecule has 1 fully saturated rings. The lowest BCUT2D eigenvalue weighted by molar-refractivity contribution is 0.297. The molecule has 0 atom stereocenters. The van der Waals surface area contributed by atoms with Crippen molar-refractivity contribution in [3.05, 3.63) is 58.2 Å². The van der Waals surface area contributed by atoms with Gasteiger partial charge in [-0.1, -0.05) is 11.6 Å². The van der Waals surface area contributed by atoms with Crippen LogP contribution in [-0.2, 0) is 13.0 Å². The molecule has 6 nitrogen and oxygen atoms in total. The van der Waals surface area contributed by atoms with Crippen molar-refractivity contribution in [3.8, 4) is 17.0 Å². The average Bonchev–Trinajstić information content (AvgIpc) is 3.39. The van der Waals surface area contributed by atoms with Crippen molar-refractivity contribution in [2.24, 2.45) is 0 Å². The summed E-state index contributed by atoms with van der Waals surface area (Å²) in [6.45, 7) is 3.66. The van der Waals surface area contributed by atoms with Crippen LogP contribution in [0.4, 0.5) is 5.69 Å². The smallest absolute Gasteiger partial charge is 0.209 e. The van der Waals surface area contributed by atoms with Crippen LogP contribution in [0.2, 0.25) is 5.02 Å². The predicted octanol–water partition coefficient (Wildman–Crippen LogP) is 4.64. The lowest BCUT2D eigenvalue weighted by Gasteiger charge is -2.44. The van der Waals surface area contributed by atoms with Gasteiger partial charge in [-0.3, -0.25) is 4.98 Å². The summed E-state index contributed by atoms with van der Waals surface area (Å²) in [6.07, 6.45) is 5.82. The second-order valence-corrected chi connectivity index (χ2v) is 9.64. The van der Waals surface area contributed by atoms with Crippen LogP contribution in [0.15, 0.2) is 42.7 Å². The molecular weight excluding hydrogens is 430 g/mol. The highest BCUT2D eigenvalue weighted by Crippen LogP contribution is 2.44. The predicted molar refractivity (Wildman–Crippen MR) is 125 cm³/mol. The Labute approximate surface area is 189 Å². The molecule has 0 unspecified atom stereocenters. The minimum atomic E-state index is 0.482. The Morgan fingerprint density at radius 2 is 2.10 bits per heavy atom. The molecule has 3 aromatic heterocycles. The largest absolute Gasteiger partial charge is 0.472 e. The molecule has 4 aromatic rings. The Balaban J connectivity index is 1.44. The summed E-state index contributed by atoms with van der Waals surface area (Å²) in [5.41, 5.74) is 6.10. The zero-order valence-corrected chi connectivity index (χ0v) is 18.5. The van der Waals surface area contributed by atoms with Crippen molar-refractivity contribution in [3.63, 3.8) is 0 Å². The maximum atomic E-state index is 6.60. The number of pyridine rings is 1. The van der Waals surface area contributed by atoms with E-state index in [4.69, 9.17) is 16.3 Å². The normalized spacial score (nSPS) is 16.4. The van der Waals surface area contributed by atoms with Crippen LogP contribution in [0.5, 0.6) is 5.88 Å². The number of benzene rings is 1. The number of ether oxygens (including phenoxy) is 1. The van der Waals surface area contributed by atoms with Crippen LogP contribution in [0.3, 0.4) is 0 Å². The van der Waals surface area contributed by atoms with E-state index < -0.39 is 0 Å². The lowest BCUT2D eigenvalue weighted by atomic mass is 9.92. The van der Waals surface area contributed by atoms with Crippen molar-refractivity contribution in [2.75, 3.05) is 24.5 Å². The van der Waals surface area contributed by atoms with Gasteiger partial charge in [-0.25, -0.2) is 5.10 Å². The molecule has 0 saturated carbocycles. The Morgan fingerprint density at radius 3 is 2.90 bits per heavy atom. The number of nitrogens with one attached hydrogen (secondary N) is 2. The molecule has 0 spiro atoms. The fourth-order valence-electron chi connectivity index (χ4n) is 4.54. The molecule has 0 aliphatic carbocycles. The molecule has 158 valence electrons. The second-order valence-electron chi connectivity index (χ2n) is 8.07. The van der Waals surface area contributed by atoms with Gasteiger partial charge in [0.1, 0.15) is 6.61 Å². The molecule has 2 N–H and O–H groups in total. The highest BCUT2D eigenvalue weighted by Gasteiger charge is 2.31. The van der Waals surface area contributed by atoms with Gasteiger partial charge in [0.15, 0.2) is 0 Å². The zero-order valence-electron chi connectivity index (χ0n) is 16.9. The van der Waals surface area contributed by atoms with E-state index in [-0.39, 0.29) is 0 Å². The van der Waals surface area contributed by atoms with Gasteiger partial charge >= 0.3 is 0 Å². The number of halogens is 1. The summed E-state index contributed by atoms with van der Waals surface area (Å²) in [7, 11) is 0. The molecule has 6 rings (SSSR count). The molecule has 0 radical (unpaired) electrons. The first-order valence-corrected chi connectivity index (χ1v) is 11.8. The van der Waals surface area contributed by atoms with E-state index >= 15 is 0 Å². The molecule has 2 aliphatic rings. The number of anilines is 1. The van der Waals surface area contributed by atoms with Crippen LogP contribution in [0, 0.1) is 0 Å². The first kappa shape index (κ1) is 19.1. The quantitative estimate of drug-likeness (QED) is 0.462. The number of rotatable bonds is 5. The number of hydrogen-bond donors (Lipinski definition) is 2. The zero-order chi connectivity index (χ0) is 20.8. The van der Waals surface area contributed by atoms with Crippen LogP contribution >= 0.6 is 22.9 Å². The highest BCUT2D eigenvalue weighted by molar-refractivity contribution is 7.19. The van der Waals surface area contributed by atoms with Gasteiger partial charge in [0.05, 0.1) is 22.5 Å². The number of hydrogen-bond acceptors (Lipinski definition) is 6. The minimum absolute atomic E-state index is 0.482. The maximum absolute atomic E-state index is 6.60. The third kappa shape index (κ3) is 3.46. The Kier molecular flexibility index (Phi) is 4.82. The topological polar surface area (TPSA) is 66.1 Å². The Morgan fingerprint density at radius 1 is 1.16 bits per heavy atom. The van der Waals surface area contributed by atoms with E-state index in [1.54, 1.807) is 17.5 Å². The van der Waals surface area contributed by atoms with E-state index in [0.717, 1.165) is 41.5 Å². The van der Waals surface area contributed by atoms with Gasteiger partial charge in [-0.2, -0.15) is 5.10 Å². The molecule has 0 amide bonds. The minimum Gasteiger partial charge on any atom is -0.472 e. The Hall–Kier alpha value is -2.61. The lowest BCUT2D eigenvalue weighted by Crippen LogP contribution is -2.58. The summed E-state index contributed by atoms with van der Waals surface area (Å²) in [6, 6.07) is 10.9. The molecule has 31 heavy (non-hydrogen) atoms. The fraction of sp³-hybridized carbons (Fsp3) is 0.304. The molecule has 5 heterocycles. The standard InChI is InChI=1S/C23H22ClN5OS/c24-15-8-14-2-1-7-29(16-11-25-12-16)22(14)19(9-15)18-3-5-26-20-10-17(31-23(18)20)13-30-21-4-6-27-28-21/h3-6,8-10,16,25H,1-2,7,11-13H2,(H,27,28). The van der Waals surface area contributed by atoms with Crippen molar-refractivity contribution in [2.45, 2.75) is 25.5 Å². The number of fused-ring (bicyclic) bond motifs is 2. The Bertz CT molecular complexity index is 1230. The van der Waals surface area contributed by atoms with E-state index in [1.165, 1.54) is 33.5 Å². The van der Waals surface area contributed by atoms with Gasteiger partial charge in [-0.05, 0) is 42.7 Å². The van der Waals surface area contributed by atoms with Crippen molar-refractivity contribution >= 4 is 38.8 Å². The molecular formula is C23H22ClN5OS. The number of aromatic nitrogens is 3. The second kappa shape index (κ2) is 7.82. The maximum Gasteiger partial charge on any atom is 0.209 e. The first-order chi connectivity index (χ1) is 15.3. The van der Waals surface area contributed by atoms with Crippen LogP contribution < -0.4 is 15.0 Å². The van der Waals surface area contributed by atoms with Gasteiger partial charge in [0.2, 0.25) is 5.88 Å². The monoisotopic (exact) mass is 451 g/mol. The van der Waals surface area contributed by atoms with Crippen molar-refractivity contribution in [1.29, 1.82) is 0 Å². The van der Waals surface area contributed by atoms with Gasteiger partial charge in [0.25, 0.3) is 0 Å². The van der Waals surface area contributed by atoms with Gasteiger partial charge in [-0.15, -0.1) is 11.3 Å². The number of aromatic amines is 1. The van der Waals surface area contributed by atoms with E-state index in [2.05, 4.69) is 49.7 Å². The van der Waals surface area contributed by atoms with Gasteiger partial charge < -0.3 is 15.0 Å². The SMILES string of the molecule is Clc1cc2c(c(-c3ccnc4cc(COc5ccn[nH]5)sc34)c1)N(C1CNC1)CCC2. The van der Waals surface area contributed by atoms with Crippen LogP contribution in [0.1, 0.15) is 16.9 Å². The third-order valence-electron chi connectivity index (χ3n) is 6.08. The molecule has 1 saturated heterocycles. The summed E-state index contributed by atoms with van der Waals surface area (Å²) in [4.78, 5) is 8.34. The van der Waals surface area contributed by atoms with Crippen molar-refractivity contribution < 1.29 is 4.74 Å². The summed E-state index contributed by atoms with van der Waals surface area (Å²) >= 11 is 8.33. The number of nitrogens with zero attached hydrogens (tertiary/aromatic N) is 3. The first-order valence-electron chi connectivity index (χ1n) is 10.6. The average molecular weight is 452 g/mol. The third-order valence-corrected chi connectivity index (χ3v) is 7.43. The van der Waals surface area contributed by atoms with Crippen molar-refractivity contribution in [1.82, 2.24) is 20.5 Å². The number of thiophene rings is 1. The summed E-state index contributed by atoms with van der Waals surface area (Å²) in [5.74, 6) is 0.666.